The Labute approximate surface area is 125 Å². The van der Waals surface area contributed by atoms with Gasteiger partial charge in [0.05, 0.1) is 11.7 Å². The molecule has 3 atom stereocenters. The Hall–Kier alpha value is -0.810. The van der Waals surface area contributed by atoms with Crippen LogP contribution in [-0.4, -0.2) is 42.0 Å². The molecule has 0 bridgehead atoms. The van der Waals surface area contributed by atoms with E-state index in [0.29, 0.717) is 18.6 Å². The Balaban J connectivity index is 1.35. The van der Waals surface area contributed by atoms with Gasteiger partial charge in [-0.2, -0.15) is 0 Å². The Bertz CT molecular complexity index is 429. The summed E-state index contributed by atoms with van der Waals surface area (Å²) >= 11 is 0. The van der Waals surface area contributed by atoms with Gasteiger partial charge in [0.2, 0.25) is 0 Å². The highest BCUT2D eigenvalue weighted by molar-refractivity contribution is 5.74. The fraction of sp³-hybridized carbons (Fsp3) is 0.938. The third-order valence-corrected chi connectivity index (χ3v) is 6.43. The van der Waals surface area contributed by atoms with Crippen LogP contribution in [0.5, 0.6) is 0 Å². The lowest BCUT2D eigenvalue weighted by atomic mass is 9.54. The molecule has 3 unspecified atom stereocenters. The van der Waals surface area contributed by atoms with Crippen LogP contribution in [0.2, 0.25) is 0 Å². The van der Waals surface area contributed by atoms with Crippen molar-refractivity contribution in [2.45, 2.75) is 69.1 Å². The fourth-order valence-corrected chi connectivity index (χ4v) is 5.10. The van der Waals surface area contributed by atoms with E-state index in [1.807, 2.05) is 0 Å². The molecule has 3 N–H and O–H groups in total. The largest absolute Gasteiger partial charge is 0.388 e. The minimum atomic E-state index is -0.652. The maximum absolute atomic E-state index is 12.2. The molecule has 3 aliphatic carbocycles. The molecular weight excluding hydrogens is 268 g/mol. The van der Waals surface area contributed by atoms with Gasteiger partial charge < -0.3 is 20.5 Å². The molecule has 21 heavy (non-hydrogen) atoms. The van der Waals surface area contributed by atoms with Gasteiger partial charge in [0.15, 0.2) is 0 Å². The van der Waals surface area contributed by atoms with E-state index in [2.05, 4.69) is 10.6 Å². The first-order valence-electron chi connectivity index (χ1n) is 8.51. The van der Waals surface area contributed by atoms with E-state index in [4.69, 9.17) is 4.74 Å². The van der Waals surface area contributed by atoms with E-state index in [0.717, 1.165) is 32.3 Å². The van der Waals surface area contributed by atoms with Crippen LogP contribution in [0.3, 0.4) is 0 Å². The summed E-state index contributed by atoms with van der Waals surface area (Å²) in [5.41, 5.74) is -0.452. The third-order valence-electron chi connectivity index (χ3n) is 6.43. The summed E-state index contributed by atoms with van der Waals surface area (Å²) in [4.78, 5) is 12.2. The second kappa shape index (κ2) is 4.85. The summed E-state index contributed by atoms with van der Waals surface area (Å²) in [7, 11) is 0. The van der Waals surface area contributed by atoms with Gasteiger partial charge in [-0.3, -0.25) is 0 Å². The summed E-state index contributed by atoms with van der Waals surface area (Å²) in [6.45, 7) is 1.22. The third kappa shape index (κ3) is 2.08. The maximum atomic E-state index is 12.2. The molecule has 4 rings (SSSR count). The van der Waals surface area contributed by atoms with Gasteiger partial charge in [-0.05, 0) is 38.5 Å². The summed E-state index contributed by atoms with van der Waals surface area (Å²) in [5.74, 6) is 0.501. The molecule has 0 aromatic carbocycles. The van der Waals surface area contributed by atoms with Crippen LogP contribution in [0.15, 0.2) is 0 Å². The van der Waals surface area contributed by atoms with Crippen molar-refractivity contribution in [3.05, 3.63) is 0 Å². The van der Waals surface area contributed by atoms with Crippen molar-refractivity contribution >= 4 is 6.03 Å². The molecule has 0 aromatic heterocycles. The Kier molecular flexibility index (Phi) is 3.19. The lowest BCUT2D eigenvalue weighted by Gasteiger charge is -2.56. The molecule has 1 heterocycles. The van der Waals surface area contributed by atoms with Gasteiger partial charge in [-0.25, -0.2) is 4.79 Å². The SMILES string of the molecule is O=C(NCC1(O)CCC1)NC1C2CCOC2C12CCCC2. The molecule has 1 aliphatic heterocycles. The fourth-order valence-electron chi connectivity index (χ4n) is 5.10. The molecular formula is C16H26N2O3. The van der Waals surface area contributed by atoms with Gasteiger partial charge in [-0.15, -0.1) is 0 Å². The zero-order valence-electron chi connectivity index (χ0n) is 12.6. The van der Waals surface area contributed by atoms with E-state index in [-0.39, 0.29) is 17.5 Å². The molecule has 1 saturated heterocycles. The predicted octanol–water partition coefficient (Wildman–Crippen LogP) is 1.55. The Morgan fingerprint density at radius 2 is 1.95 bits per heavy atom. The molecule has 3 saturated carbocycles. The number of hydrogen-bond acceptors (Lipinski definition) is 3. The highest BCUT2D eigenvalue weighted by Gasteiger charge is 2.65. The number of carbonyl (C=O) groups is 1. The first kappa shape index (κ1) is 13.8. The highest BCUT2D eigenvalue weighted by Crippen LogP contribution is 2.60. The zero-order valence-corrected chi connectivity index (χ0v) is 12.6. The van der Waals surface area contributed by atoms with Crippen molar-refractivity contribution in [3.63, 3.8) is 0 Å². The molecule has 2 amide bonds. The monoisotopic (exact) mass is 294 g/mol. The van der Waals surface area contributed by atoms with Crippen LogP contribution in [-0.2, 0) is 4.74 Å². The minimum absolute atomic E-state index is 0.114. The first-order valence-corrected chi connectivity index (χ1v) is 8.51. The molecule has 118 valence electrons. The van der Waals surface area contributed by atoms with Crippen LogP contribution in [0.25, 0.3) is 0 Å². The molecule has 5 heteroatoms. The van der Waals surface area contributed by atoms with Crippen molar-refractivity contribution in [1.82, 2.24) is 10.6 Å². The maximum Gasteiger partial charge on any atom is 0.315 e. The minimum Gasteiger partial charge on any atom is -0.388 e. The summed E-state index contributed by atoms with van der Waals surface area (Å²) in [5, 5.41) is 16.1. The van der Waals surface area contributed by atoms with Gasteiger partial charge in [0.1, 0.15) is 0 Å². The standard InChI is InChI=1S/C16H26N2O3/c19-14(17-10-15(20)5-3-6-15)18-12-11-4-9-21-13(11)16(12)7-1-2-8-16/h11-13,20H,1-10H2,(H2,17,18,19). The van der Waals surface area contributed by atoms with Crippen molar-refractivity contribution in [2.24, 2.45) is 11.3 Å². The molecule has 0 radical (unpaired) electrons. The predicted molar refractivity (Wildman–Crippen MR) is 77.9 cm³/mol. The number of aliphatic hydroxyl groups is 1. The number of urea groups is 1. The summed E-state index contributed by atoms with van der Waals surface area (Å²) < 4.78 is 5.93. The van der Waals surface area contributed by atoms with E-state index in [1.54, 1.807) is 0 Å². The first-order chi connectivity index (χ1) is 10.1. The van der Waals surface area contributed by atoms with Gasteiger partial charge in [0, 0.05) is 30.5 Å². The smallest absolute Gasteiger partial charge is 0.315 e. The summed E-state index contributed by atoms with van der Waals surface area (Å²) in [6.07, 6.45) is 9.00. The number of amides is 2. The molecule has 4 fully saturated rings. The van der Waals surface area contributed by atoms with E-state index in [1.165, 1.54) is 25.7 Å². The Morgan fingerprint density at radius 3 is 2.62 bits per heavy atom. The number of hydrogen-bond donors (Lipinski definition) is 3. The van der Waals surface area contributed by atoms with Gasteiger partial charge in [0.25, 0.3) is 0 Å². The second-order valence-electron chi connectivity index (χ2n) is 7.57. The number of carbonyl (C=O) groups excluding carboxylic acids is 1. The van der Waals surface area contributed by atoms with E-state index < -0.39 is 5.60 Å². The van der Waals surface area contributed by atoms with Crippen molar-refractivity contribution in [2.75, 3.05) is 13.2 Å². The van der Waals surface area contributed by atoms with Gasteiger partial charge >= 0.3 is 6.03 Å². The van der Waals surface area contributed by atoms with Crippen molar-refractivity contribution in [1.29, 1.82) is 0 Å². The van der Waals surface area contributed by atoms with Crippen LogP contribution in [0.1, 0.15) is 51.4 Å². The van der Waals surface area contributed by atoms with Crippen molar-refractivity contribution in [3.8, 4) is 0 Å². The Morgan fingerprint density at radius 1 is 1.19 bits per heavy atom. The average molecular weight is 294 g/mol. The lowest BCUT2D eigenvalue weighted by molar-refractivity contribution is -0.126. The highest BCUT2D eigenvalue weighted by atomic mass is 16.5. The van der Waals surface area contributed by atoms with E-state index in [9.17, 15) is 9.90 Å². The average Bonchev–Trinajstić information content (AvgIpc) is 3.08. The number of rotatable bonds is 3. The molecule has 0 aromatic rings. The normalized spacial score (nSPS) is 38.4. The topological polar surface area (TPSA) is 70.6 Å². The van der Waals surface area contributed by atoms with Crippen LogP contribution in [0.4, 0.5) is 4.79 Å². The van der Waals surface area contributed by atoms with Crippen LogP contribution >= 0.6 is 0 Å². The quantitative estimate of drug-likeness (QED) is 0.739. The number of fused-ring (bicyclic) bond motifs is 2. The molecule has 1 spiro atoms. The van der Waals surface area contributed by atoms with E-state index >= 15 is 0 Å². The lowest BCUT2D eigenvalue weighted by Crippen LogP contribution is -2.69. The summed E-state index contributed by atoms with van der Waals surface area (Å²) in [6, 6.07) is 0.153. The zero-order chi connectivity index (χ0) is 14.5. The second-order valence-corrected chi connectivity index (χ2v) is 7.57. The van der Waals surface area contributed by atoms with Crippen molar-refractivity contribution < 1.29 is 14.6 Å². The number of nitrogens with one attached hydrogen (secondary N) is 2. The number of ether oxygens (including phenoxy) is 1. The van der Waals surface area contributed by atoms with Crippen LogP contribution < -0.4 is 10.6 Å². The van der Waals surface area contributed by atoms with Crippen LogP contribution in [0, 0.1) is 11.3 Å². The van der Waals surface area contributed by atoms with Gasteiger partial charge in [-0.1, -0.05) is 12.8 Å². The molecule has 4 aliphatic rings. The molecule has 5 nitrogen and oxygen atoms in total.